The van der Waals surface area contributed by atoms with Gasteiger partial charge in [-0.05, 0) is 25.3 Å². The van der Waals surface area contributed by atoms with Crippen molar-refractivity contribution in [2.45, 2.75) is 13.3 Å². The van der Waals surface area contributed by atoms with Gasteiger partial charge in [0.05, 0.1) is 12.0 Å². The van der Waals surface area contributed by atoms with Gasteiger partial charge < -0.3 is 9.47 Å². The van der Waals surface area contributed by atoms with E-state index in [0.29, 0.717) is 18.1 Å². The fourth-order valence-corrected chi connectivity index (χ4v) is 2.28. The summed E-state index contributed by atoms with van der Waals surface area (Å²) in [6.45, 7) is 5.78. The predicted molar refractivity (Wildman–Crippen MR) is 60.5 cm³/mol. The Morgan fingerprint density at radius 3 is 3.00 bits per heavy atom. The predicted octanol–water partition coefficient (Wildman–Crippen LogP) is 2.21. The summed E-state index contributed by atoms with van der Waals surface area (Å²) in [5.74, 6) is 0.737. The highest BCUT2D eigenvalue weighted by atomic mass is 16.5. The molecule has 0 aromatic carbocycles. The van der Waals surface area contributed by atoms with Gasteiger partial charge in [0.1, 0.15) is 5.76 Å². The number of esters is 1. The maximum absolute atomic E-state index is 11.5. The zero-order valence-corrected chi connectivity index (χ0v) is 9.66. The normalized spacial score (nSPS) is 30.4. The number of methoxy groups -OCH3 is 1. The van der Waals surface area contributed by atoms with E-state index >= 15 is 0 Å². The molecule has 3 heteroatoms. The van der Waals surface area contributed by atoms with Crippen LogP contribution in [-0.4, -0.2) is 19.7 Å². The maximum Gasteiger partial charge on any atom is 0.338 e. The Kier molecular flexibility index (Phi) is 2.72. The Morgan fingerprint density at radius 1 is 1.69 bits per heavy atom. The van der Waals surface area contributed by atoms with Crippen molar-refractivity contribution in [1.29, 1.82) is 0 Å². The molecule has 0 fully saturated rings. The van der Waals surface area contributed by atoms with Crippen LogP contribution in [0.15, 0.2) is 36.1 Å². The first-order chi connectivity index (χ1) is 7.57. The first-order valence-corrected chi connectivity index (χ1v) is 5.36. The van der Waals surface area contributed by atoms with Gasteiger partial charge in [-0.3, -0.25) is 0 Å². The van der Waals surface area contributed by atoms with Crippen LogP contribution in [0.1, 0.15) is 13.3 Å². The summed E-state index contributed by atoms with van der Waals surface area (Å²) in [6, 6.07) is 0. The highest BCUT2D eigenvalue weighted by Crippen LogP contribution is 2.49. The number of carbonyl (C=O) groups excluding carboxylic acids is 1. The lowest BCUT2D eigenvalue weighted by Crippen LogP contribution is -2.25. The SMILES string of the molecule is C=C(C)C(=O)OC1=CC2C=CC1(COC)C2. The number of hydrogen-bond donors (Lipinski definition) is 0. The quantitative estimate of drug-likeness (QED) is 0.414. The second-order valence-electron chi connectivity index (χ2n) is 4.52. The number of carbonyl (C=O) groups is 1. The Hall–Kier alpha value is -1.35. The second kappa shape index (κ2) is 3.91. The fourth-order valence-electron chi connectivity index (χ4n) is 2.28. The number of hydrogen-bond acceptors (Lipinski definition) is 3. The molecule has 2 bridgehead atoms. The van der Waals surface area contributed by atoms with Crippen LogP contribution in [0.3, 0.4) is 0 Å². The number of fused-ring (bicyclic) bond motifs is 2. The molecule has 0 amide bonds. The van der Waals surface area contributed by atoms with E-state index in [4.69, 9.17) is 9.47 Å². The summed E-state index contributed by atoms with van der Waals surface area (Å²) in [5, 5.41) is 0. The standard InChI is InChI=1S/C13H16O3/c1-9(2)12(14)16-11-6-10-4-5-13(11,7-10)8-15-3/h4-6,10H,1,7-8H2,2-3H3. The average Bonchev–Trinajstić information content (AvgIpc) is 2.75. The monoisotopic (exact) mass is 220 g/mol. The van der Waals surface area contributed by atoms with Gasteiger partial charge in [-0.2, -0.15) is 0 Å². The topological polar surface area (TPSA) is 35.5 Å². The summed E-state index contributed by atoms with van der Waals surface area (Å²) in [5.41, 5.74) is 0.185. The second-order valence-corrected chi connectivity index (χ2v) is 4.52. The maximum atomic E-state index is 11.5. The molecule has 0 saturated heterocycles. The lowest BCUT2D eigenvalue weighted by Gasteiger charge is -2.25. The van der Waals surface area contributed by atoms with Crippen molar-refractivity contribution in [1.82, 2.24) is 0 Å². The Morgan fingerprint density at radius 2 is 2.44 bits per heavy atom. The molecule has 0 N–H and O–H groups in total. The summed E-state index contributed by atoms with van der Waals surface area (Å²) >= 11 is 0. The average molecular weight is 220 g/mol. The highest BCUT2D eigenvalue weighted by Gasteiger charge is 2.45. The fraction of sp³-hybridized carbons (Fsp3) is 0.462. The van der Waals surface area contributed by atoms with Crippen LogP contribution in [0, 0.1) is 11.3 Å². The molecule has 0 heterocycles. The van der Waals surface area contributed by atoms with E-state index in [1.807, 2.05) is 6.08 Å². The van der Waals surface area contributed by atoms with Crippen molar-refractivity contribution in [3.05, 3.63) is 36.1 Å². The molecule has 2 aliphatic carbocycles. The van der Waals surface area contributed by atoms with Crippen LogP contribution in [0.25, 0.3) is 0 Å². The first-order valence-electron chi connectivity index (χ1n) is 5.36. The van der Waals surface area contributed by atoms with E-state index in [9.17, 15) is 4.79 Å². The molecule has 0 spiro atoms. The van der Waals surface area contributed by atoms with Crippen LogP contribution in [-0.2, 0) is 14.3 Å². The van der Waals surface area contributed by atoms with Crippen LogP contribution in [0.5, 0.6) is 0 Å². The number of allylic oxidation sites excluding steroid dienone is 2. The third-order valence-electron chi connectivity index (χ3n) is 3.07. The lowest BCUT2D eigenvalue weighted by atomic mass is 9.89. The van der Waals surface area contributed by atoms with E-state index in [0.717, 1.165) is 12.2 Å². The molecule has 0 aliphatic heterocycles. The minimum Gasteiger partial charge on any atom is -0.427 e. The minimum atomic E-state index is -0.359. The van der Waals surface area contributed by atoms with Gasteiger partial charge >= 0.3 is 5.97 Å². The molecule has 2 rings (SSSR count). The largest absolute Gasteiger partial charge is 0.427 e. The molecule has 0 aromatic rings. The molecule has 2 unspecified atom stereocenters. The highest BCUT2D eigenvalue weighted by molar-refractivity contribution is 5.87. The van der Waals surface area contributed by atoms with E-state index in [1.54, 1.807) is 14.0 Å². The van der Waals surface area contributed by atoms with Crippen molar-refractivity contribution in [2.24, 2.45) is 11.3 Å². The van der Waals surface area contributed by atoms with Crippen LogP contribution >= 0.6 is 0 Å². The van der Waals surface area contributed by atoms with Gasteiger partial charge in [0, 0.05) is 12.7 Å². The van der Waals surface area contributed by atoms with E-state index < -0.39 is 0 Å². The number of rotatable bonds is 4. The van der Waals surface area contributed by atoms with E-state index in [-0.39, 0.29) is 11.4 Å². The summed E-state index contributed by atoms with van der Waals surface area (Å²) < 4.78 is 10.6. The Balaban J connectivity index is 2.14. The molecule has 2 atom stereocenters. The van der Waals surface area contributed by atoms with Crippen molar-refractivity contribution in [3.63, 3.8) is 0 Å². The van der Waals surface area contributed by atoms with E-state index in [2.05, 4.69) is 18.7 Å². The number of ether oxygens (including phenoxy) is 2. The van der Waals surface area contributed by atoms with Crippen molar-refractivity contribution in [3.8, 4) is 0 Å². The van der Waals surface area contributed by atoms with Gasteiger partial charge in [-0.25, -0.2) is 4.79 Å². The molecule has 2 aliphatic rings. The van der Waals surface area contributed by atoms with Crippen LogP contribution in [0.2, 0.25) is 0 Å². The molecule has 0 saturated carbocycles. The third-order valence-corrected chi connectivity index (χ3v) is 3.07. The van der Waals surface area contributed by atoms with Gasteiger partial charge in [0.15, 0.2) is 0 Å². The molecule has 0 radical (unpaired) electrons. The van der Waals surface area contributed by atoms with Crippen molar-refractivity contribution >= 4 is 5.97 Å². The zero-order valence-electron chi connectivity index (χ0n) is 9.66. The summed E-state index contributed by atoms with van der Waals surface area (Å²) in [4.78, 5) is 11.5. The van der Waals surface area contributed by atoms with Gasteiger partial charge in [-0.1, -0.05) is 18.7 Å². The van der Waals surface area contributed by atoms with Crippen molar-refractivity contribution < 1.29 is 14.3 Å². The summed E-state index contributed by atoms with van der Waals surface area (Å²) in [7, 11) is 1.66. The third kappa shape index (κ3) is 1.71. The van der Waals surface area contributed by atoms with Crippen LogP contribution in [0.4, 0.5) is 0 Å². The first kappa shape index (κ1) is 11.1. The zero-order chi connectivity index (χ0) is 11.8. The summed E-state index contributed by atoms with van der Waals surface area (Å²) in [6.07, 6.45) is 7.17. The molecular formula is C13H16O3. The van der Waals surface area contributed by atoms with Gasteiger partial charge in [-0.15, -0.1) is 0 Å². The van der Waals surface area contributed by atoms with Gasteiger partial charge in [0.25, 0.3) is 0 Å². The smallest absolute Gasteiger partial charge is 0.338 e. The Labute approximate surface area is 95.4 Å². The lowest BCUT2D eigenvalue weighted by molar-refractivity contribution is -0.136. The molecule has 16 heavy (non-hydrogen) atoms. The van der Waals surface area contributed by atoms with Crippen molar-refractivity contribution in [2.75, 3.05) is 13.7 Å². The van der Waals surface area contributed by atoms with Crippen LogP contribution < -0.4 is 0 Å². The minimum absolute atomic E-state index is 0.232. The molecular weight excluding hydrogens is 204 g/mol. The Bertz CT molecular complexity index is 392. The molecule has 3 nitrogen and oxygen atoms in total. The molecule has 86 valence electrons. The van der Waals surface area contributed by atoms with Gasteiger partial charge in [0.2, 0.25) is 0 Å². The van der Waals surface area contributed by atoms with E-state index in [1.165, 1.54) is 0 Å². The molecule has 0 aromatic heterocycles.